The highest BCUT2D eigenvalue weighted by Crippen LogP contribution is 2.18. The van der Waals surface area contributed by atoms with E-state index in [-0.39, 0.29) is 25.2 Å². The molecule has 71 heavy (non-hydrogen) atoms. The predicted molar refractivity (Wildman–Crippen MR) is 311 cm³/mol. The van der Waals surface area contributed by atoms with Crippen LogP contribution < -0.4 is 0 Å². The molecule has 0 amide bonds. The lowest BCUT2D eigenvalue weighted by Gasteiger charge is -2.15. The van der Waals surface area contributed by atoms with Crippen LogP contribution in [0.3, 0.4) is 0 Å². The van der Waals surface area contributed by atoms with Gasteiger partial charge in [0, 0.05) is 12.8 Å². The number of ether oxygens (including phenoxy) is 2. The minimum atomic E-state index is -0.767. The van der Waals surface area contributed by atoms with Crippen LogP contribution in [0.1, 0.15) is 341 Å². The van der Waals surface area contributed by atoms with Gasteiger partial charge in [0.1, 0.15) is 6.61 Å². The summed E-state index contributed by atoms with van der Waals surface area (Å²) in [6.07, 6.45) is 82.7. The van der Waals surface area contributed by atoms with E-state index in [4.69, 9.17) is 9.47 Å². The van der Waals surface area contributed by atoms with E-state index in [1.165, 1.54) is 257 Å². The topological polar surface area (TPSA) is 72.8 Å². The average Bonchev–Trinajstić information content (AvgIpc) is 3.37. The van der Waals surface area contributed by atoms with Gasteiger partial charge in [-0.05, 0) is 51.4 Å². The van der Waals surface area contributed by atoms with E-state index in [0.717, 1.165) is 57.8 Å². The molecule has 1 atom stereocenters. The van der Waals surface area contributed by atoms with Crippen molar-refractivity contribution >= 4 is 11.9 Å². The van der Waals surface area contributed by atoms with Gasteiger partial charge in [-0.2, -0.15) is 0 Å². The molecule has 0 aromatic carbocycles. The van der Waals surface area contributed by atoms with Crippen LogP contribution in [-0.2, 0) is 19.1 Å². The predicted octanol–water partition coefficient (Wildman–Crippen LogP) is 21.6. The molecule has 1 unspecified atom stereocenters. The summed E-state index contributed by atoms with van der Waals surface area (Å²) in [5, 5.41) is 9.66. The van der Waals surface area contributed by atoms with E-state index in [0.29, 0.717) is 12.8 Å². The fraction of sp³-hybridized carbons (Fsp3) is 0.848. The van der Waals surface area contributed by atoms with Crippen molar-refractivity contribution in [3.8, 4) is 0 Å². The van der Waals surface area contributed by atoms with Gasteiger partial charge >= 0.3 is 11.9 Å². The van der Waals surface area contributed by atoms with Crippen molar-refractivity contribution in [1.29, 1.82) is 0 Å². The summed E-state index contributed by atoms with van der Waals surface area (Å²) in [6, 6.07) is 0. The van der Waals surface area contributed by atoms with E-state index in [2.05, 4.69) is 62.5 Å². The summed E-state index contributed by atoms with van der Waals surface area (Å²) < 4.78 is 10.7. The van der Waals surface area contributed by atoms with Crippen LogP contribution in [-0.4, -0.2) is 36.4 Å². The quantitative estimate of drug-likeness (QED) is 0.0373. The first-order valence-corrected chi connectivity index (χ1v) is 31.7. The zero-order valence-electron chi connectivity index (χ0n) is 47.8. The number of carbonyl (C=O) groups excluding carboxylic acids is 2. The molecule has 0 saturated carbocycles. The third-order valence-electron chi connectivity index (χ3n) is 14.4. The third-order valence-corrected chi connectivity index (χ3v) is 14.4. The Bertz CT molecular complexity index is 1170. The Kier molecular flexibility index (Phi) is 60.3. The summed E-state index contributed by atoms with van der Waals surface area (Å²) >= 11 is 0. The highest BCUT2D eigenvalue weighted by atomic mass is 16.6. The first kappa shape index (κ1) is 68.9. The molecule has 0 spiro atoms. The molecular formula is C66H122O5. The third kappa shape index (κ3) is 60.3. The number of aliphatic hydroxyl groups excluding tert-OH is 1. The van der Waals surface area contributed by atoms with E-state index in [1.807, 2.05) is 0 Å². The maximum Gasteiger partial charge on any atom is 0.306 e. The zero-order valence-corrected chi connectivity index (χ0v) is 47.8. The molecular weight excluding hydrogens is 873 g/mol. The van der Waals surface area contributed by atoms with Crippen molar-refractivity contribution < 1.29 is 24.2 Å². The molecule has 0 aliphatic rings. The molecule has 0 aliphatic heterocycles. The van der Waals surface area contributed by atoms with E-state index >= 15 is 0 Å². The van der Waals surface area contributed by atoms with Gasteiger partial charge in [0.2, 0.25) is 0 Å². The molecule has 0 aromatic rings. The average molecular weight is 996 g/mol. The van der Waals surface area contributed by atoms with Gasteiger partial charge in [-0.25, -0.2) is 0 Å². The molecule has 0 heterocycles. The Morgan fingerprint density at radius 3 is 0.915 bits per heavy atom. The number of unbranched alkanes of at least 4 members (excludes halogenated alkanes) is 43. The number of hydrogen-bond donors (Lipinski definition) is 1. The van der Waals surface area contributed by atoms with Crippen LogP contribution in [0.4, 0.5) is 0 Å². The maximum absolute atomic E-state index is 12.3. The summed E-state index contributed by atoms with van der Waals surface area (Å²) in [5.74, 6) is -0.568. The summed E-state index contributed by atoms with van der Waals surface area (Å²) in [6.45, 7) is 4.08. The lowest BCUT2D eigenvalue weighted by molar-refractivity contribution is -0.161. The first-order valence-electron chi connectivity index (χ1n) is 31.7. The fourth-order valence-corrected chi connectivity index (χ4v) is 9.67. The molecule has 1 N–H and O–H groups in total. The minimum absolute atomic E-state index is 0.0585. The smallest absolute Gasteiger partial charge is 0.306 e. The minimum Gasteiger partial charge on any atom is -0.462 e. The molecule has 0 saturated heterocycles. The van der Waals surface area contributed by atoms with Crippen LogP contribution >= 0.6 is 0 Å². The summed E-state index contributed by atoms with van der Waals surface area (Å²) in [4.78, 5) is 24.5. The number of rotatable bonds is 59. The Labute approximate surface area is 443 Å². The van der Waals surface area contributed by atoms with Crippen LogP contribution in [0.5, 0.6) is 0 Å². The standard InChI is InChI=1S/C66H122O5/c1-3-5-7-9-11-13-15-17-19-21-23-24-25-26-27-28-29-30-31-32-33-34-35-36-37-38-39-40-41-42-43-45-47-49-51-53-55-57-59-61-66(69)71-64(62-67)63-70-65(68)60-58-56-54-52-50-48-46-44-22-20-18-16-14-12-10-8-6-4-2/h5,7,11,13,17,19,23-24,64,67H,3-4,6,8-10,12,14-16,18,20-22,25-63H2,1-2H3/b7-5-,13-11-,19-17-,24-23-. The number of carbonyl (C=O) groups is 2. The fourth-order valence-electron chi connectivity index (χ4n) is 9.67. The van der Waals surface area contributed by atoms with E-state index in [9.17, 15) is 14.7 Å². The second-order valence-electron chi connectivity index (χ2n) is 21.5. The van der Waals surface area contributed by atoms with Crippen molar-refractivity contribution in [2.24, 2.45) is 0 Å². The van der Waals surface area contributed by atoms with Crippen LogP contribution in [0.25, 0.3) is 0 Å². The Hall–Kier alpha value is -2.14. The monoisotopic (exact) mass is 995 g/mol. The highest BCUT2D eigenvalue weighted by Gasteiger charge is 2.16. The molecule has 0 rings (SSSR count). The largest absolute Gasteiger partial charge is 0.462 e. The highest BCUT2D eigenvalue weighted by molar-refractivity contribution is 5.70. The Morgan fingerprint density at radius 1 is 0.338 bits per heavy atom. The molecule has 0 radical (unpaired) electrons. The van der Waals surface area contributed by atoms with Gasteiger partial charge in [-0.3, -0.25) is 9.59 Å². The number of aliphatic hydroxyl groups is 1. The molecule has 0 fully saturated rings. The number of allylic oxidation sites excluding steroid dienone is 8. The summed E-state index contributed by atoms with van der Waals surface area (Å²) in [7, 11) is 0. The van der Waals surface area contributed by atoms with Crippen LogP contribution in [0.15, 0.2) is 48.6 Å². The SMILES string of the molecule is CC/C=C\C/C=C\C/C=C\C/C=C\CCCCCCCCCCCCCCCCCCCCCCCCCCCCC(=O)OC(CO)COC(=O)CCCCCCCCCCCCCCCCCCCC. The second kappa shape index (κ2) is 62.2. The molecule has 5 heteroatoms. The first-order chi connectivity index (χ1) is 35.1. The molecule has 5 nitrogen and oxygen atoms in total. The van der Waals surface area contributed by atoms with Gasteiger partial charge in [0.25, 0.3) is 0 Å². The van der Waals surface area contributed by atoms with Gasteiger partial charge in [0.15, 0.2) is 6.10 Å². The van der Waals surface area contributed by atoms with Crippen LogP contribution in [0, 0.1) is 0 Å². The van der Waals surface area contributed by atoms with Gasteiger partial charge in [0.05, 0.1) is 6.61 Å². The van der Waals surface area contributed by atoms with Crippen molar-refractivity contribution in [2.75, 3.05) is 13.2 Å². The Balaban J connectivity index is 3.37. The number of hydrogen-bond acceptors (Lipinski definition) is 5. The summed E-state index contributed by atoms with van der Waals surface area (Å²) in [5.41, 5.74) is 0. The second-order valence-corrected chi connectivity index (χ2v) is 21.5. The van der Waals surface area contributed by atoms with Crippen molar-refractivity contribution in [3.05, 3.63) is 48.6 Å². The molecule has 0 aliphatic carbocycles. The molecule has 0 aromatic heterocycles. The van der Waals surface area contributed by atoms with Crippen molar-refractivity contribution in [2.45, 2.75) is 347 Å². The van der Waals surface area contributed by atoms with E-state index in [1.54, 1.807) is 0 Å². The zero-order chi connectivity index (χ0) is 51.3. The van der Waals surface area contributed by atoms with E-state index < -0.39 is 6.10 Å². The van der Waals surface area contributed by atoms with Crippen molar-refractivity contribution in [3.63, 3.8) is 0 Å². The number of esters is 2. The van der Waals surface area contributed by atoms with Gasteiger partial charge in [-0.15, -0.1) is 0 Å². The van der Waals surface area contributed by atoms with Gasteiger partial charge in [-0.1, -0.05) is 326 Å². The molecule has 0 bridgehead atoms. The van der Waals surface area contributed by atoms with Crippen molar-refractivity contribution in [1.82, 2.24) is 0 Å². The molecule has 416 valence electrons. The van der Waals surface area contributed by atoms with Crippen LogP contribution in [0.2, 0.25) is 0 Å². The Morgan fingerprint density at radius 2 is 0.606 bits per heavy atom. The lowest BCUT2D eigenvalue weighted by atomic mass is 10.0. The lowest BCUT2D eigenvalue weighted by Crippen LogP contribution is -2.28. The normalized spacial score (nSPS) is 12.4. The maximum atomic E-state index is 12.3. The van der Waals surface area contributed by atoms with Gasteiger partial charge < -0.3 is 14.6 Å².